The number of nitrogens with zero attached hydrogens (tertiary/aromatic N) is 2. The van der Waals surface area contributed by atoms with Gasteiger partial charge in [-0.25, -0.2) is 4.39 Å². The van der Waals surface area contributed by atoms with E-state index in [-0.39, 0.29) is 17.6 Å². The first kappa shape index (κ1) is 21.7. The van der Waals surface area contributed by atoms with Gasteiger partial charge in [0.25, 0.3) is 5.91 Å². The van der Waals surface area contributed by atoms with Crippen LogP contribution in [0.1, 0.15) is 56.9 Å². The number of ether oxygens (including phenoxy) is 1. The average Bonchev–Trinajstić information content (AvgIpc) is 3.45. The molecule has 8 heteroatoms. The molecule has 1 saturated heterocycles. The van der Waals surface area contributed by atoms with Crippen molar-refractivity contribution in [3.05, 3.63) is 29.7 Å². The lowest BCUT2D eigenvalue weighted by atomic mass is 9.86. The van der Waals surface area contributed by atoms with Crippen molar-refractivity contribution in [2.45, 2.75) is 65.1 Å². The lowest BCUT2D eigenvalue weighted by Gasteiger charge is -2.30. The summed E-state index contributed by atoms with van der Waals surface area (Å²) in [6.07, 6.45) is 3.70. The fourth-order valence-electron chi connectivity index (χ4n) is 4.05. The van der Waals surface area contributed by atoms with Gasteiger partial charge in [0.1, 0.15) is 17.4 Å². The molecule has 7 nitrogen and oxygen atoms in total. The molecule has 1 aliphatic heterocycles. The summed E-state index contributed by atoms with van der Waals surface area (Å²) in [5.74, 6) is -0.748. The molecule has 1 aromatic heterocycles. The molecule has 168 valence electrons. The summed E-state index contributed by atoms with van der Waals surface area (Å²) in [5, 5.41) is 10.8. The van der Waals surface area contributed by atoms with E-state index in [1.165, 1.54) is 6.07 Å². The molecule has 4 rings (SSSR count). The maximum absolute atomic E-state index is 14.7. The van der Waals surface area contributed by atoms with Crippen LogP contribution in [0.25, 0.3) is 10.9 Å². The highest BCUT2D eigenvalue weighted by molar-refractivity contribution is 6.06. The first-order valence-corrected chi connectivity index (χ1v) is 11.1. The Morgan fingerprint density at radius 3 is 2.58 bits per heavy atom. The second kappa shape index (κ2) is 8.57. The minimum Gasteiger partial charge on any atom is -0.381 e. The van der Waals surface area contributed by atoms with Crippen LogP contribution in [0.5, 0.6) is 0 Å². The van der Waals surface area contributed by atoms with Gasteiger partial charge in [-0.2, -0.15) is 5.10 Å². The van der Waals surface area contributed by atoms with Crippen molar-refractivity contribution in [2.75, 3.05) is 13.2 Å². The normalized spacial score (nSPS) is 18.7. The van der Waals surface area contributed by atoms with Crippen molar-refractivity contribution in [1.82, 2.24) is 20.4 Å². The zero-order valence-corrected chi connectivity index (χ0v) is 18.4. The predicted molar refractivity (Wildman–Crippen MR) is 115 cm³/mol. The van der Waals surface area contributed by atoms with Gasteiger partial charge in [0, 0.05) is 31.2 Å². The van der Waals surface area contributed by atoms with E-state index in [4.69, 9.17) is 4.74 Å². The van der Waals surface area contributed by atoms with Crippen molar-refractivity contribution in [1.29, 1.82) is 0 Å². The van der Waals surface area contributed by atoms with Crippen molar-refractivity contribution >= 4 is 22.7 Å². The maximum Gasteiger partial charge on any atom is 0.273 e. The number of hydrogen-bond donors (Lipinski definition) is 2. The third-order valence-electron chi connectivity index (χ3n) is 6.04. The smallest absolute Gasteiger partial charge is 0.273 e. The molecule has 1 unspecified atom stereocenters. The maximum atomic E-state index is 14.7. The number of benzene rings is 1. The summed E-state index contributed by atoms with van der Waals surface area (Å²) in [5.41, 5.74) is -0.00992. The molecule has 0 spiro atoms. The Morgan fingerprint density at radius 1 is 1.23 bits per heavy atom. The number of nitrogens with one attached hydrogen (secondary N) is 2. The number of carbonyl (C=O) groups is 2. The van der Waals surface area contributed by atoms with Gasteiger partial charge < -0.3 is 15.4 Å². The molecule has 2 aliphatic rings. The Labute approximate surface area is 181 Å². The van der Waals surface area contributed by atoms with Crippen LogP contribution in [0.15, 0.2) is 18.2 Å². The van der Waals surface area contributed by atoms with E-state index in [1.807, 2.05) is 20.8 Å². The number of halogens is 1. The lowest BCUT2D eigenvalue weighted by Crippen LogP contribution is -2.54. The second-order valence-corrected chi connectivity index (χ2v) is 9.78. The highest BCUT2D eigenvalue weighted by atomic mass is 19.1. The molecule has 1 aromatic carbocycles. The zero-order valence-electron chi connectivity index (χ0n) is 18.4. The summed E-state index contributed by atoms with van der Waals surface area (Å²) < 4.78 is 21.7. The van der Waals surface area contributed by atoms with E-state index in [2.05, 4.69) is 15.7 Å². The molecule has 31 heavy (non-hydrogen) atoms. The van der Waals surface area contributed by atoms with Crippen LogP contribution in [-0.4, -0.2) is 46.9 Å². The van der Waals surface area contributed by atoms with Crippen LogP contribution in [0.3, 0.4) is 0 Å². The number of carbonyl (C=O) groups excluding carboxylic acids is 2. The molecule has 0 bridgehead atoms. The quantitative estimate of drug-likeness (QED) is 0.738. The number of fused-ring (bicyclic) bond motifs is 1. The van der Waals surface area contributed by atoms with Crippen LogP contribution < -0.4 is 10.6 Å². The van der Waals surface area contributed by atoms with E-state index >= 15 is 0 Å². The first-order chi connectivity index (χ1) is 14.7. The first-order valence-electron chi connectivity index (χ1n) is 11.1. The molecular formula is C23H31FN4O3. The van der Waals surface area contributed by atoms with Crippen LogP contribution in [-0.2, 0) is 16.1 Å². The number of rotatable bonds is 6. The Kier molecular flexibility index (Phi) is 6.01. The number of aromatic nitrogens is 2. The van der Waals surface area contributed by atoms with Crippen LogP contribution in [0, 0.1) is 17.2 Å². The molecule has 1 atom stereocenters. The van der Waals surface area contributed by atoms with Gasteiger partial charge in [-0.3, -0.25) is 14.3 Å². The number of hydrogen-bond acceptors (Lipinski definition) is 4. The molecule has 2 aromatic rings. The van der Waals surface area contributed by atoms with Gasteiger partial charge in [0.2, 0.25) is 5.91 Å². The fourth-order valence-corrected chi connectivity index (χ4v) is 4.05. The summed E-state index contributed by atoms with van der Waals surface area (Å²) in [4.78, 5) is 26.0. The third-order valence-corrected chi connectivity index (χ3v) is 6.04. The molecule has 2 N–H and O–H groups in total. The fraction of sp³-hybridized carbons (Fsp3) is 0.609. The Balaban J connectivity index is 1.62. The third kappa shape index (κ3) is 4.89. The van der Waals surface area contributed by atoms with Gasteiger partial charge >= 0.3 is 0 Å². The molecule has 0 radical (unpaired) electrons. The van der Waals surface area contributed by atoms with Gasteiger partial charge in [-0.15, -0.1) is 0 Å². The standard InChI is InChI=1S/C23H31FN4O3/c1-23(2,3)20(22(30)25-15-7-8-15)26-21(29)18-16-5-4-6-17(24)19(16)28(27-18)13-14-9-11-31-12-10-14/h4-6,14-15,20H,7-13H2,1-3H3,(H,25,30)(H,26,29). The Bertz CT molecular complexity index is 971. The van der Waals surface area contributed by atoms with E-state index in [0.717, 1.165) is 25.7 Å². The minimum atomic E-state index is -0.718. The topological polar surface area (TPSA) is 85.2 Å². The molecule has 1 saturated carbocycles. The summed E-state index contributed by atoms with van der Waals surface area (Å²) in [6.45, 7) is 7.62. The Morgan fingerprint density at radius 2 is 1.94 bits per heavy atom. The average molecular weight is 431 g/mol. The van der Waals surface area contributed by atoms with E-state index < -0.39 is 23.2 Å². The number of para-hydroxylation sites is 1. The molecule has 2 heterocycles. The van der Waals surface area contributed by atoms with E-state index in [0.29, 0.717) is 36.6 Å². The largest absolute Gasteiger partial charge is 0.381 e. The van der Waals surface area contributed by atoms with Crippen LogP contribution >= 0.6 is 0 Å². The molecule has 2 fully saturated rings. The lowest BCUT2D eigenvalue weighted by molar-refractivity contribution is -0.125. The van der Waals surface area contributed by atoms with Gasteiger partial charge in [0.15, 0.2) is 5.69 Å². The second-order valence-electron chi connectivity index (χ2n) is 9.78. The molecule has 2 amide bonds. The monoisotopic (exact) mass is 430 g/mol. The highest BCUT2D eigenvalue weighted by Crippen LogP contribution is 2.27. The van der Waals surface area contributed by atoms with Crippen LogP contribution in [0.4, 0.5) is 4.39 Å². The van der Waals surface area contributed by atoms with Crippen molar-refractivity contribution in [3.63, 3.8) is 0 Å². The zero-order chi connectivity index (χ0) is 22.2. The summed E-state index contributed by atoms with van der Waals surface area (Å²) in [7, 11) is 0. The SMILES string of the molecule is CC(C)(C)C(NC(=O)c1nn(CC2CCOCC2)c2c(F)cccc12)C(=O)NC1CC1. The minimum absolute atomic E-state index is 0.148. The Hall–Kier alpha value is -2.48. The summed E-state index contributed by atoms with van der Waals surface area (Å²) >= 11 is 0. The van der Waals surface area contributed by atoms with Crippen molar-refractivity contribution < 1.29 is 18.7 Å². The van der Waals surface area contributed by atoms with E-state index in [1.54, 1.807) is 16.8 Å². The predicted octanol–water partition coefficient (Wildman–Crippen LogP) is 3.03. The van der Waals surface area contributed by atoms with Gasteiger partial charge in [-0.1, -0.05) is 32.9 Å². The molecular weight excluding hydrogens is 399 g/mol. The highest BCUT2D eigenvalue weighted by Gasteiger charge is 2.36. The molecule has 1 aliphatic carbocycles. The van der Waals surface area contributed by atoms with Crippen molar-refractivity contribution in [3.8, 4) is 0 Å². The number of amides is 2. The van der Waals surface area contributed by atoms with Gasteiger partial charge in [-0.05, 0) is 43.1 Å². The van der Waals surface area contributed by atoms with Crippen LogP contribution in [0.2, 0.25) is 0 Å². The van der Waals surface area contributed by atoms with E-state index in [9.17, 15) is 14.0 Å². The summed E-state index contributed by atoms with van der Waals surface area (Å²) in [6, 6.07) is 4.15. The van der Waals surface area contributed by atoms with Gasteiger partial charge in [0.05, 0.1) is 0 Å². The van der Waals surface area contributed by atoms with Crippen molar-refractivity contribution in [2.24, 2.45) is 11.3 Å².